The lowest BCUT2D eigenvalue weighted by molar-refractivity contribution is 0.627. The van der Waals surface area contributed by atoms with Crippen molar-refractivity contribution in [2.24, 2.45) is 0 Å². The normalized spacial score (nSPS) is 11.5. The Morgan fingerprint density at radius 3 is 0.917 bits per heavy atom. The summed E-state index contributed by atoms with van der Waals surface area (Å²) in [6.45, 7) is 8.63. The highest BCUT2D eigenvalue weighted by atomic mass is 19.1. The van der Waals surface area contributed by atoms with E-state index in [1.807, 2.05) is 36.4 Å². The highest BCUT2D eigenvalue weighted by Gasteiger charge is 2.24. The molecule has 12 aromatic rings. The summed E-state index contributed by atoms with van der Waals surface area (Å²) in [5.41, 5.74) is 19.0. The van der Waals surface area contributed by atoms with Crippen molar-refractivity contribution < 1.29 is 8.78 Å². The molecule has 12 rings (SSSR count). The minimum atomic E-state index is -0.264. The minimum absolute atomic E-state index is 0.264. The SMILES string of the molecule is Cc1cc(C)cc(N(c2cc(-c3ccccc3)cc(-c3ccc(F)cc3)c2)c2ccc3ccc4c(N(c5cc(C)cc(C)c5)c5cc(-c6ccccc6)cc(-c6ccc(F)cc6)c5)ccc5ccc2c3c54)c1. The number of hydrogen-bond acceptors (Lipinski definition) is 2. The van der Waals surface area contributed by atoms with Gasteiger partial charge in [-0.1, -0.05) is 133 Å². The highest BCUT2D eigenvalue weighted by molar-refractivity contribution is 6.28. The van der Waals surface area contributed by atoms with Crippen LogP contribution in [0.2, 0.25) is 0 Å². The molecule has 0 radical (unpaired) electrons. The van der Waals surface area contributed by atoms with Crippen molar-refractivity contribution in [3.05, 3.63) is 264 Å². The minimum Gasteiger partial charge on any atom is -0.310 e. The molecule has 0 N–H and O–H groups in total. The average molecular weight is 933 g/mol. The van der Waals surface area contributed by atoms with E-state index >= 15 is 0 Å². The first-order chi connectivity index (χ1) is 35.1. The van der Waals surface area contributed by atoms with Crippen LogP contribution in [-0.2, 0) is 0 Å². The van der Waals surface area contributed by atoms with Crippen molar-refractivity contribution in [2.75, 3.05) is 9.80 Å². The number of aryl methyl sites for hydroxylation is 4. The Hall–Kier alpha value is -8.86. The van der Waals surface area contributed by atoms with Crippen LogP contribution >= 0.6 is 0 Å². The Bertz CT molecular complexity index is 3670. The van der Waals surface area contributed by atoms with Crippen LogP contribution < -0.4 is 9.80 Å². The fourth-order valence-corrected chi connectivity index (χ4v) is 10.9. The predicted molar refractivity (Wildman–Crippen MR) is 300 cm³/mol. The van der Waals surface area contributed by atoms with Gasteiger partial charge in [0.2, 0.25) is 0 Å². The first-order valence-electron chi connectivity index (χ1n) is 24.5. The third kappa shape index (κ3) is 8.31. The zero-order chi connectivity index (χ0) is 49.0. The van der Waals surface area contributed by atoms with E-state index in [1.54, 1.807) is 0 Å². The molecule has 0 aliphatic heterocycles. The summed E-state index contributed by atoms with van der Waals surface area (Å²) in [5.74, 6) is -0.529. The van der Waals surface area contributed by atoms with Gasteiger partial charge in [-0.3, -0.25) is 0 Å². The molecule has 2 nitrogen and oxygen atoms in total. The third-order valence-electron chi connectivity index (χ3n) is 14.0. The van der Waals surface area contributed by atoms with Crippen molar-refractivity contribution in [1.29, 1.82) is 0 Å². The molecule has 12 aromatic carbocycles. The van der Waals surface area contributed by atoms with E-state index in [1.165, 1.54) is 57.3 Å². The largest absolute Gasteiger partial charge is 0.310 e. The molecule has 346 valence electrons. The Labute approximate surface area is 419 Å². The number of benzene rings is 12. The number of rotatable bonds is 10. The molecular weight excluding hydrogens is 883 g/mol. The first-order valence-corrected chi connectivity index (χ1v) is 24.5. The molecule has 72 heavy (non-hydrogen) atoms. The monoisotopic (exact) mass is 932 g/mol. The lowest BCUT2D eigenvalue weighted by Gasteiger charge is -2.31. The fourth-order valence-electron chi connectivity index (χ4n) is 10.9. The number of anilines is 6. The van der Waals surface area contributed by atoms with Crippen LogP contribution in [0.15, 0.2) is 231 Å². The average Bonchev–Trinajstić information content (AvgIpc) is 3.39. The molecule has 0 spiro atoms. The lowest BCUT2D eigenvalue weighted by Crippen LogP contribution is -2.12. The van der Waals surface area contributed by atoms with Gasteiger partial charge in [-0.05, 0) is 213 Å². The molecule has 0 aliphatic rings. The maximum Gasteiger partial charge on any atom is 0.123 e. The Morgan fingerprint density at radius 2 is 0.569 bits per heavy atom. The Balaban J connectivity index is 1.12. The van der Waals surface area contributed by atoms with Gasteiger partial charge in [-0.15, -0.1) is 0 Å². The molecule has 0 bridgehead atoms. The van der Waals surface area contributed by atoms with Crippen LogP contribution in [0.1, 0.15) is 22.3 Å². The van der Waals surface area contributed by atoms with E-state index < -0.39 is 0 Å². The topological polar surface area (TPSA) is 6.48 Å². The van der Waals surface area contributed by atoms with Gasteiger partial charge in [0.05, 0.1) is 11.4 Å². The van der Waals surface area contributed by atoms with Gasteiger partial charge < -0.3 is 9.80 Å². The highest BCUT2D eigenvalue weighted by Crippen LogP contribution is 2.49. The maximum atomic E-state index is 14.4. The Morgan fingerprint density at radius 1 is 0.264 bits per heavy atom. The summed E-state index contributed by atoms with van der Waals surface area (Å²) in [4.78, 5) is 4.81. The number of nitrogens with zero attached hydrogens (tertiary/aromatic N) is 2. The fraction of sp³-hybridized carbons (Fsp3) is 0.0588. The Kier molecular flexibility index (Phi) is 11.2. The maximum absolute atomic E-state index is 14.4. The zero-order valence-corrected chi connectivity index (χ0v) is 40.6. The summed E-state index contributed by atoms with van der Waals surface area (Å²) in [7, 11) is 0. The standard InChI is InChI=1S/C68H50F2N2/c1-43-31-44(2)34-59(33-43)71(61-39-53(47-11-7-5-8-12-47)37-55(41-61)49-15-23-57(69)24-16-49)65-29-21-51-20-28-64-66(30-22-52-19-27-63(65)67(51)68(52)64)72(60-35-45(3)32-46(4)36-60)62-40-54(48-13-9-6-10-14-48)38-56(42-62)50-17-25-58(70)26-18-50/h5-42H,1-4H3. The second kappa shape index (κ2) is 18.1. The van der Waals surface area contributed by atoms with Gasteiger partial charge >= 0.3 is 0 Å². The molecule has 0 atom stereocenters. The molecule has 0 heterocycles. The van der Waals surface area contributed by atoms with Gasteiger partial charge in [0.15, 0.2) is 0 Å². The van der Waals surface area contributed by atoms with E-state index in [0.717, 1.165) is 100 Å². The summed E-state index contributed by atoms with van der Waals surface area (Å²) < 4.78 is 28.8. The molecule has 0 unspecified atom stereocenters. The van der Waals surface area contributed by atoms with Crippen molar-refractivity contribution >= 4 is 66.4 Å². The van der Waals surface area contributed by atoms with Crippen LogP contribution in [0.4, 0.5) is 42.9 Å². The quantitative estimate of drug-likeness (QED) is 0.126. The lowest BCUT2D eigenvalue weighted by atomic mass is 9.91. The first kappa shape index (κ1) is 44.4. The van der Waals surface area contributed by atoms with Gasteiger partial charge in [-0.2, -0.15) is 0 Å². The van der Waals surface area contributed by atoms with Crippen LogP contribution in [0.3, 0.4) is 0 Å². The van der Waals surface area contributed by atoms with E-state index in [4.69, 9.17) is 0 Å². The molecule has 0 saturated heterocycles. The van der Waals surface area contributed by atoms with Crippen LogP contribution in [0.25, 0.3) is 76.8 Å². The molecule has 0 aromatic heterocycles. The molecular formula is C68H50F2N2. The van der Waals surface area contributed by atoms with Gasteiger partial charge in [-0.25, -0.2) is 8.78 Å². The van der Waals surface area contributed by atoms with Gasteiger partial charge in [0.1, 0.15) is 11.6 Å². The van der Waals surface area contributed by atoms with Crippen LogP contribution in [0, 0.1) is 39.3 Å². The predicted octanol–water partition coefficient (Wildman–Crippen LogP) is 19.7. The summed E-state index contributed by atoms with van der Waals surface area (Å²) >= 11 is 0. The van der Waals surface area contributed by atoms with E-state index in [-0.39, 0.29) is 11.6 Å². The van der Waals surface area contributed by atoms with Gasteiger partial charge in [0, 0.05) is 33.5 Å². The molecule has 0 amide bonds. The van der Waals surface area contributed by atoms with E-state index in [0.29, 0.717) is 0 Å². The van der Waals surface area contributed by atoms with Crippen LogP contribution in [0.5, 0.6) is 0 Å². The molecule has 0 saturated carbocycles. The summed E-state index contributed by atoms with van der Waals surface area (Å²) in [5, 5.41) is 6.91. The smallest absolute Gasteiger partial charge is 0.123 e. The third-order valence-corrected chi connectivity index (χ3v) is 14.0. The molecule has 0 fully saturated rings. The van der Waals surface area contributed by atoms with Crippen molar-refractivity contribution in [2.45, 2.75) is 27.7 Å². The van der Waals surface area contributed by atoms with Crippen molar-refractivity contribution in [1.82, 2.24) is 0 Å². The van der Waals surface area contributed by atoms with Crippen LogP contribution in [-0.4, -0.2) is 0 Å². The summed E-state index contributed by atoms with van der Waals surface area (Å²) in [6, 6.07) is 79.6. The van der Waals surface area contributed by atoms with Crippen molar-refractivity contribution in [3.63, 3.8) is 0 Å². The zero-order valence-electron chi connectivity index (χ0n) is 40.6. The second-order valence-corrected chi connectivity index (χ2v) is 19.2. The second-order valence-electron chi connectivity index (χ2n) is 19.2. The van der Waals surface area contributed by atoms with E-state index in [2.05, 4.69) is 207 Å². The molecule has 4 heteroatoms. The van der Waals surface area contributed by atoms with Gasteiger partial charge in [0.25, 0.3) is 0 Å². The number of halogens is 2. The van der Waals surface area contributed by atoms with Crippen molar-refractivity contribution in [3.8, 4) is 44.5 Å². The summed E-state index contributed by atoms with van der Waals surface area (Å²) in [6.07, 6.45) is 0. The molecule has 0 aliphatic carbocycles. The number of hydrogen-bond donors (Lipinski definition) is 0. The van der Waals surface area contributed by atoms with E-state index in [9.17, 15) is 8.78 Å².